The zero-order valence-corrected chi connectivity index (χ0v) is 11.2. The molecule has 1 aliphatic heterocycles. The van der Waals surface area contributed by atoms with Crippen molar-refractivity contribution in [2.45, 2.75) is 25.9 Å². The Bertz CT molecular complexity index is 271. The fourth-order valence-electron chi connectivity index (χ4n) is 2.24. The molecule has 1 N–H and O–H groups in total. The van der Waals surface area contributed by atoms with E-state index in [9.17, 15) is 9.90 Å². The van der Waals surface area contributed by atoms with E-state index in [2.05, 4.69) is 4.90 Å². The highest BCUT2D eigenvalue weighted by atomic mass is 16.5. The van der Waals surface area contributed by atoms with Gasteiger partial charge in [0.1, 0.15) is 6.61 Å². The maximum atomic E-state index is 11.9. The van der Waals surface area contributed by atoms with Gasteiger partial charge in [-0.3, -0.25) is 9.69 Å². The monoisotopic (exact) mass is 256 g/mol. The van der Waals surface area contributed by atoms with Gasteiger partial charge in [-0.15, -0.1) is 0 Å². The predicted molar refractivity (Wildman–Crippen MR) is 68.2 cm³/mol. The van der Waals surface area contributed by atoms with E-state index in [1.54, 1.807) is 6.92 Å². The molecule has 2 fully saturated rings. The summed E-state index contributed by atoms with van der Waals surface area (Å²) in [6.07, 6.45) is 2.22. The highest BCUT2D eigenvalue weighted by Crippen LogP contribution is 2.28. The van der Waals surface area contributed by atoms with Crippen LogP contribution in [0, 0.1) is 5.92 Å². The molecule has 0 aromatic carbocycles. The highest BCUT2D eigenvalue weighted by Gasteiger charge is 2.24. The number of aliphatic hydroxyl groups is 1. The van der Waals surface area contributed by atoms with Gasteiger partial charge in [0.2, 0.25) is 5.91 Å². The number of carbonyl (C=O) groups excluding carboxylic acids is 1. The number of ether oxygens (including phenoxy) is 1. The van der Waals surface area contributed by atoms with Gasteiger partial charge in [-0.1, -0.05) is 0 Å². The summed E-state index contributed by atoms with van der Waals surface area (Å²) in [6.45, 7) is 6.65. The first-order chi connectivity index (χ1) is 8.65. The number of rotatable bonds is 6. The fourth-order valence-corrected chi connectivity index (χ4v) is 2.24. The maximum Gasteiger partial charge on any atom is 0.248 e. The molecule has 0 bridgehead atoms. The minimum atomic E-state index is -0.297. The lowest BCUT2D eigenvalue weighted by molar-refractivity contribution is -0.138. The van der Waals surface area contributed by atoms with E-state index < -0.39 is 0 Å². The van der Waals surface area contributed by atoms with Crippen LogP contribution in [0.15, 0.2) is 0 Å². The van der Waals surface area contributed by atoms with Crippen molar-refractivity contribution in [2.24, 2.45) is 5.92 Å². The van der Waals surface area contributed by atoms with Crippen molar-refractivity contribution in [1.82, 2.24) is 9.80 Å². The number of nitrogens with zero attached hydrogens (tertiary/aromatic N) is 2. The van der Waals surface area contributed by atoms with Gasteiger partial charge in [-0.25, -0.2) is 0 Å². The summed E-state index contributed by atoms with van der Waals surface area (Å²) in [7, 11) is 0. The maximum absolute atomic E-state index is 11.9. The van der Waals surface area contributed by atoms with Crippen LogP contribution < -0.4 is 0 Å². The van der Waals surface area contributed by atoms with Crippen molar-refractivity contribution in [1.29, 1.82) is 0 Å². The Hall–Kier alpha value is -0.650. The first-order valence-electron chi connectivity index (χ1n) is 6.91. The third-order valence-corrected chi connectivity index (χ3v) is 3.52. The van der Waals surface area contributed by atoms with Crippen LogP contribution in [0.4, 0.5) is 0 Å². The van der Waals surface area contributed by atoms with E-state index in [4.69, 9.17) is 4.74 Å². The van der Waals surface area contributed by atoms with E-state index in [1.807, 2.05) is 4.90 Å². The van der Waals surface area contributed by atoms with Gasteiger partial charge in [0.25, 0.3) is 0 Å². The molecular weight excluding hydrogens is 232 g/mol. The lowest BCUT2D eigenvalue weighted by atomic mass is 10.2. The van der Waals surface area contributed by atoms with Gasteiger partial charge in [0.05, 0.1) is 12.7 Å². The fraction of sp³-hybridized carbons (Fsp3) is 0.923. The topological polar surface area (TPSA) is 53.0 Å². The van der Waals surface area contributed by atoms with Gasteiger partial charge in [0, 0.05) is 32.7 Å². The lowest BCUT2D eigenvalue weighted by Gasteiger charge is -2.35. The Balaban J connectivity index is 1.60. The zero-order valence-electron chi connectivity index (χ0n) is 11.2. The number of hydrogen-bond acceptors (Lipinski definition) is 4. The lowest BCUT2D eigenvalue weighted by Crippen LogP contribution is -2.51. The molecule has 1 heterocycles. The molecule has 0 radical (unpaired) electrons. The van der Waals surface area contributed by atoms with Crippen molar-refractivity contribution >= 4 is 5.91 Å². The molecule has 1 saturated carbocycles. The molecule has 2 rings (SSSR count). The predicted octanol–water partition coefficient (Wildman–Crippen LogP) is -0.0620. The number of amides is 1. The quantitative estimate of drug-likeness (QED) is 0.723. The van der Waals surface area contributed by atoms with Crippen LogP contribution in [0.1, 0.15) is 19.8 Å². The summed E-state index contributed by atoms with van der Waals surface area (Å²) >= 11 is 0. The second-order valence-corrected chi connectivity index (χ2v) is 5.49. The van der Waals surface area contributed by atoms with E-state index in [0.29, 0.717) is 12.5 Å². The average Bonchev–Trinajstić information content (AvgIpc) is 3.13. The molecule has 0 unspecified atom stereocenters. The summed E-state index contributed by atoms with van der Waals surface area (Å²) in [6, 6.07) is 0. The zero-order chi connectivity index (χ0) is 13.0. The van der Waals surface area contributed by atoms with Crippen molar-refractivity contribution in [3.8, 4) is 0 Å². The SMILES string of the molecule is C[C@@H](O)CN1CCN(C(=O)COCC2CC2)CC1. The van der Waals surface area contributed by atoms with Crippen LogP contribution in [0.3, 0.4) is 0 Å². The standard InChI is InChI=1S/C13H24N2O3/c1-11(16)8-14-4-6-15(7-5-14)13(17)10-18-9-12-2-3-12/h11-12,16H,2-10H2,1H3/t11-/m1/s1. The average molecular weight is 256 g/mol. The molecule has 1 saturated heterocycles. The van der Waals surface area contributed by atoms with Gasteiger partial charge in [-0.05, 0) is 25.7 Å². The smallest absolute Gasteiger partial charge is 0.248 e. The van der Waals surface area contributed by atoms with E-state index in [1.165, 1.54) is 12.8 Å². The van der Waals surface area contributed by atoms with E-state index in [0.717, 1.165) is 32.8 Å². The van der Waals surface area contributed by atoms with Crippen LogP contribution in [-0.2, 0) is 9.53 Å². The minimum Gasteiger partial charge on any atom is -0.392 e. The largest absolute Gasteiger partial charge is 0.392 e. The van der Waals surface area contributed by atoms with Crippen molar-refractivity contribution < 1.29 is 14.6 Å². The summed E-state index contributed by atoms with van der Waals surface area (Å²) in [5, 5.41) is 9.31. The van der Waals surface area contributed by atoms with Gasteiger partial charge in [0.15, 0.2) is 0 Å². The normalized spacial score (nSPS) is 23.1. The highest BCUT2D eigenvalue weighted by molar-refractivity contribution is 5.77. The number of carbonyl (C=O) groups is 1. The summed E-state index contributed by atoms with van der Waals surface area (Å²) in [4.78, 5) is 15.9. The Morgan fingerprint density at radius 1 is 1.33 bits per heavy atom. The Morgan fingerprint density at radius 2 is 2.00 bits per heavy atom. The van der Waals surface area contributed by atoms with Gasteiger partial charge >= 0.3 is 0 Å². The minimum absolute atomic E-state index is 0.104. The summed E-state index contributed by atoms with van der Waals surface area (Å²) in [5.74, 6) is 0.813. The molecule has 1 atom stereocenters. The van der Waals surface area contributed by atoms with Gasteiger partial charge < -0.3 is 14.7 Å². The number of aliphatic hydroxyl groups excluding tert-OH is 1. The number of β-amino-alcohol motifs (C(OH)–C–C–N with tert-alkyl or cyclic N) is 1. The second kappa shape index (κ2) is 6.50. The van der Waals surface area contributed by atoms with Crippen LogP contribution in [0.5, 0.6) is 0 Å². The first kappa shape index (κ1) is 13.8. The number of hydrogen-bond donors (Lipinski definition) is 1. The molecule has 1 aliphatic carbocycles. The summed E-state index contributed by atoms with van der Waals surface area (Å²) < 4.78 is 5.42. The second-order valence-electron chi connectivity index (χ2n) is 5.49. The van der Waals surface area contributed by atoms with Gasteiger partial charge in [-0.2, -0.15) is 0 Å². The molecule has 0 aromatic rings. The molecular formula is C13H24N2O3. The van der Waals surface area contributed by atoms with E-state index in [-0.39, 0.29) is 18.6 Å². The molecule has 104 valence electrons. The van der Waals surface area contributed by atoms with Crippen molar-refractivity contribution in [3.05, 3.63) is 0 Å². The Labute approximate surface area is 109 Å². The third-order valence-electron chi connectivity index (χ3n) is 3.52. The van der Waals surface area contributed by atoms with Crippen LogP contribution in [0.2, 0.25) is 0 Å². The van der Waals surface area contributed by atoms with E-state index >= 15 is 0 Å². The van der Waals surface area contributed by atoms with Crippen LogP contribution >= 0.6 is 0 Å². The van der Waals surface area contributed by atoms with Crippen molar-refractivity contribution in [3.63, 3.8) is 0 Å². The number of piperazine rings is 1. The molecule has 2 aliphatic rings. The third kappa shape index (κ3) is 4.55. The van der Waals surface area contributed by atoms with Crippen LogP contribution in [-0.4, -0.2) is 72.9 Å². The molecule has 0 aromatic heterocycles. The Kier molecular flexibility index (Phi) is 4.97. The summed E-state index contributed by atoms with van der Waals surface area (Å²) in [5.41, 5.74) is 0. The van der Waals surface area contributed by atoms with Crippen molar-refractivity contribution in [2.75, 3.05) is 45.9 Å². The van der Waals surface area contributed by atoms with Crippen LogP contribution in [0.25, 0.3) is 0 Å². The first-order valence-corrected chi connectivity index (χ1v) is 6.91. The molecule has 0 spiro atoms. The molecule has 18 heavy (non-hydrogen) atoms. The molecule has 5 heteroatoms. The Morgan fingerprint density at radius 3 is 2.56 bits per heavy atom. The molecule has 1 amide bonds. The molecule has 5 nitrogen and oxygen atoms in total.